The number of rotatable bonds is 14. The third-order valence-electron chi connectivity index (χ3n) is 5.98. The third kappa shape index (κ3) is 8.68. The van der Waals surface area contributed by atoms with Crippen molar-refractivity contribution in [3.63, 3.8) is 0 Å². The Morgan fingerprint density at radius 3 is 2.50 bits per heavy atom. The van der Waals surface area contributed by atoms with Gasteiger partial charge in [0, 0.05) is 5.57 Å². The quantitative estimate of drug-likeness (QED) is 0.295. The molecule has 1 saturated carbocycles. The van der Waals surface area contributed by atoms with Crippen LogP contribution in [0.25, 0.3) is 0 Å². The first kappa shape index (κ1) is 23.2. The van der Waals surface area contributed by atoms with E-state index in [0.29, 0.717) is 23.8 Å². The van der Waals surface area contributed by atoms with Crippen LogP contribution in [0.3, 0.4) is 0 Å². The van der Waals surface area contributed by atoms with Gasteiger partial charge in [0.1, 0.15) is 0 Å². The zero-order chi connectivity index (χ0) is 19.4. The summed E-state index contributed by atoms with van der Waals surface area (Å²) in [5.41, 5.74) is 0.501. The van der Waals surface area contributed by atoms with Crippen LogP contribution >= 0.6 is 0 Å². The fourth-order valence-electron chi connectivity index (χ4n) is 4.28. The van der Waals surface area contributed by atoms with Crippen LogP contribution in [0, 0.1) is 11.8 Å². The highest BCUT2D eigenvalue weighted by Crippen LogP contribution is 2.39. The van der Waals surface area contributed by atoms with Crippen molar-refractivity contribution in [1.29, 1.82) is 0 Å². The number of unbranched alkanes of at least 4 members (excludes halogenated alkanes) is 4. The monoisotopic (exact) mass is 368 g/mol. The molecule has 4 nitrogen and oxygen atoms in total. The summed E-state index contributed by atoms with van der Waals surface area (Å²) >= 11 is 0. The maximum absolute atomic E-state index is 11.0. The van der Waals surface area contributed by atoms with E-state index in [9.17, 15) is 15.0 Å². The molecule has 0 aromatic heterocycles. The summed E-state index contributed by atoms with van der Waals surface area (Å²) in [4.78, 5) is 11.0. The Morgan fingerprint density at radius 1 is 1.08 bits per heavy atom. The van der Waals surface area contributed by atoms with Crippen molar-refractivity contribution < 1.29 is 20.1 Å². The summed E-state index contributed by atoms with van der Waals surface area (Å²) in [7, 11) is 0. The molecule has 152 valence electrons. The Labute approximate surface area is 159 Å². The Hall–Kier alpha value is -0.870. The lowest BCUT2D eigenvalue weighted by Gasteiger charge is -2.23. The SMILES string of the molecule is CCCCCC(O)CC[C@H]1CC[C@H](O)[C@@H]1CCCCC=C(CC)C(=O)O. The molecule has 0 amide bonds. The molecule has 1 unspecified atom stereocenters. The first-order chi connectivity index (χ1) is 12.5. The van der Waals surface area contributed by atoms with Gasteiger partial charge in [0.25, 0.3) is 0 Å². The fraction of sp³-hybridized carbons (Fsp3) is 0.864. The number of aliphatic hydroxyl groups is 2. The summed E-state index contributed by atoms with van der Waals surface area (Å²) < 4.78 is 0. The van der Waals surface area contributed by atoms with Gasteiger partial charge in [-0.2, -0.15) is 0 Å². The Bertz CT molecular complexity index is 418. The zero-order valence-corrected chi connectivity index (χ0v) is 16.8. The molecule has 3 N–H and O–H groups in total. The van der Waals surface area contributed by atoms with Gasteiger partial charge in [-0.25, -0.2) is 4.79 Å². The second-order valence-electron chi connectivity index (χ2n) is 7.97. The Balaban J connectivity index is 2.29. The topological polar surface area (TPSA) is 77.8 Å². The smallest absolute Gasteiger partial charge is 0.331 e. The van der Waals surface area contributed by atoms with Gasteiger partial charge in [-0.05, 0) is 69.6 Å². The van der Waals surface area contributed by atoms with Crippen LogP contribution in [0.1, 0.15) is 97.3 Å². The molecule has 1 fully saturated rings. The van der Waals surface area contributed by atoms with Gasteiger partial charge < -0.3 is 15.3 Å². The first-order valence-electron chi connectivity index (χ1n) is 10.8. The van der Waals surface area contributed by atoms with Gasteiger partial charge in [-0.3, -0.25) is 0 Å². The lowest BCUT2D eigenvalue weighted by molar-refractivity contribution is -0.132. The molecule has 0 radical (unpaired) electrons. The van der Waals surface area contributed by atoms with Gasteiger partial charge in [-0.15, -0.1) is 0 Å². The average molecular weight is 369 g/mol. The van der Waals surface area contributed by atoms with Crippen LogP contribution < -0.4 is 0 Å². The second kappa shape index (κ2) is 13.3. The molecule has 1 aliphatic carbocycles. The molecule has 0 aromatic carbocycles. The maximum Gasteiger partial charge on any atom is 0.331 e. The maximum atomic E-state index is 11.0. The number of carboxylic acids is 1. The van der Waals surface area contributed by atoms with Crippen LogP contribution in [-0.4, -0.2) is 33.5 Å². The van der Waals surface area contributed by atoms with Crippen LogP contribution in [0.5, 0.6) is 0 Å². The summed E-state index contributed by atoms with van der Waals surface area (Å²) in [6, 6.07) is 0. The van der Waals surface area contributed by atoms with Gasteiger partial charge in [0.2, 0.25) is 0 Å². The van der Waals surface area contributed by atoms with E-state index in [1.54, 1.807) is 0 Å². The van der Waals surface area contributed by atoms with Gasteiger partial charge >= 0.3 is 5.97 Å². The summed E-state index contributed by atoms with van der Waals surface area (Å²) in [5, 5.41) is 29.5. The van der Waals surface area contributed by atoms with E-state index in [-0.39, 0.29) is 12.2 Å². The molecule has 1 aliphatic rings. The van der Waals surface area contributed by atoms with Crippen molar-refractivity contribution >= 4 is 5.97 Å². The van der Waals surface area contributed by atoms with Crippen molar-refractivity contribution in [2.45, 2.75) is 110 Å². The lowest BCUT2D eigenvalue weighted by atomic mass is 9.85. The molecule has 0 aliphatic heterocycles. The van der Waals surface area contributed by atoms with E-state index < -0.39 is 5.97 Å². The summed E-state index contributed by atoms with van der Waals surface area (Å²) in [6.07, 6.45) is 14.1. The number of aliphatic hydroxyl groups excluding tert-OH is 2. The second-order valence-corrected chi connectivity index (χ2v) is 7.97. The van der Waals surface area contributed by atoms with Crippen LogP contribution in [0.15, 0.2) is 11.6 Å². The predicted molar refractivity (Wildman–Crippen MR) is 106 cm³/mol. The van der Waals surface area contributed by atoms with Crippen molar-refractivity contribution in [3.05, 3.63) is 11.6 Å². The molecular formula is C22H40O4. The van der Waals surface area contributed by atoms with E-state index in [0.717, 1.165) is 64.2 Å². The van der Waals surface area contributed by atoms with Gasteiger partial charge in [0.15, 0.2) is 0 Å². The molecular weight excluding hydrogens is 328 g/mol. The minimum absolute atomic E-state index is 0.187. The molecule has 26 heavy (non-hydrogen) atoms. The predicted octanol–water partition coefficient (Wildman–Crippen LogP) is 5.08. The minimum atomic E-state index is -0.809. The molecule has 0 saturated heterocycles. The van der Waals surface area contributed by atoms with E-state index in [1.165, 1.54) is 12.8 Å². The minimum Gasteiger partial charge on any atom is -0.478 e. The van der Waals surface area contributed by atoms with E-state index >= 15 is 0 Å². The number of hydrogen-bond acceptors (Lipinski definition) is 3. The van der Waals surface area contributed by atoms with Crippen LogP contribution in [0.2, 0.25) is 0 Å². The largest absolute Gasteiger partial charge is 0.478 e. The molecule has 0 spiro atoms. The highest BCUT2D eigenvalue weighted by molar-refractivity contribution is 5.86. The van der Waals surface area contributed by atoms with Crippen molar-refractivity contribution in [3.8, 4) is 0 Å². The highest BCUT2D eigenvalue weighted by atomic mass is 16.4. The van der Waals surface area contributed by atoms with Crippen LogP contribution in [-0.2, 0) is 4.79 Å². The highest BCUT2D eigenvalue weighted by Gasteiger charge is 2.34. The van der Waals surface area contributed by atoms with E-state index in [1.807, 2.05) is 13.0 Å². The van der Waals surface area contributed by atoms with Crippen molar-refractivity contribution in [2.75, 3.05) is 0 Å². The normalized spacial score (nSPS) is 24.8. The number of hydrogen-bond donors (Lipinski definition) is 3. The van der Waals surface area contributed by atoms with Gasteiger partial charge in [-0.1, -0.05) is 45.6 Å². The Kier molecular flexibility index (Phi) is 11.9. The molecule has 0 bridgehead atoms. The Morgan fingerprint density at radius 2 is 1.85 bits per heavy atom. The molecule has 0 heterocycles. The first-order valence-corrected chi connectivity index (χ1v) is 10.8. The summed E-state index contributed by atoms with van der Waals surface area (Å²) in [6.45, 7) is 4.05. The lowest BCUT2D eigenvalue weighted by Crippen LogP contribution is -2.20. The third-order valence-corrected chi connectivity index (χ3v) is 5.98. The van der Waals surface area contributed by atoms with Crippen LogP contribution in [0.4, 0.5) is 0 Å². The zero-order valence-electron chi connectivity index (χ0n) is 16.8. The number of carboxylic acid groups (broad SMARTS) is 1. The molecule has 4 heteroatoms. The van der Waals surface area contributed by atoms with E-state index in [2.05, 4.69) is 6.92 Å². The summed E-state index contributed by atoms with van der Waals surface area (Å²) in [5.74, 6) is 0.0785. The van der Waals surface area contributed by atoms with Crippen molar-refractivity contribution in [1.82, 2.24) is 0 Å². The standard InChI is InChI=1S/C22H40O4/c1-3-5-7-11-19(23)15-13-18-14-16-21(24)20(18)12-9-6-8-10-17(4-2)22(25)26/h10,18-21,23-24H,3-9,11-16H2,1-2H3,(H,25,26)/t18-,19?,20+,21-/m0/s1. The number of allylic oxidation sites excluding steroid dienone is 1. The fourth-order valence-corrected chi connectivity index (χ4v) is 4.28. The molecule has 1 rings (SSSR count). The average Bonchev–Trinajstić information content (AvgIpc) is 2.96. The van der Waals surface area contributed by atoms with Crippen molar-refractivity contribution in [2.24, 2.45) is 11.8 Å². The number of carbonyl (C=O) groups is 1. The van der Waals surface area contributed by atoms with E-state index in [4.69, 9.17) is 5.11 Å². The van der Waals surface area contributed by atoms with Gasteiger partial charge in [0.05, 0.1) is 12.2 Å². The molecule has 4 atom stereocenters. The molecule has 0 aromatic rings. The number of aliphatic carboxylic acids is 1.